The molecule has 6 heteroatoms. The van der Waals surface area contributed by atoms with Gasteiger partial charge < -0.3 is 4.74 Å². The third-order valence-electron chi connectivity index (χ3n) is 3.87. The third kappa shape index (κ3) is 2.97. The molecule has 0 N–H and O–H groups in total. The van der Waals surface area contributed by atoms with Crippen LogP contribution in [0.15, 0.2) is 48.7 Å². The van der Waals surface area contributed by atoms with Crippen molar-refractivity contribution >= 4 is 0 Å². The van der Waals surface area contributed by atoms with Crippen molar-refractivity contribution in [2.75, 3.05) is 7.11 Å². The molecule has 0 amide bonds. The zero-order chi connectivity index (χ0) is 18.7. The van der Waals surface area contributed by atoms with Crippen molar-refractivity contribution < 1.29 is 13.5 Å². The number of pyridine rings is 1. The van der Waals surface area contributed by atoms with E-state index in [9.17, 15) is 14.0 Å². The summed E-state index contributed by atoms with van der Waals surface area (Å²) in [4.78, 5) is 4.25. The van der Waals surface area contributed by atoms with Crippen molar-refractivity contribution in [3.63, 3.8) is 0 Å². The lowest BCUT2D eigenvalue weighted by atomic mass is 9.94. The first kappa shape index (κ1) is 17.1. The van der Waals surface area contributed by atoms with Gasteiger partial charge in [0.1, 0.15) is 11.9 Å². The van der Waals surface area contributed by atoms with Crippen molar-refractivity contribution in [1.29, 1.82) is 10.5 Å². The number of aromatic nitrogens is 1. The summed E-state index contributed by atoms with van der Waals surface area (Å²) in [6, 6.07) is 13.6. The molecule has 0 aliphatic heterocycles. The van der Waals surface area contributed by atoms with E-state index in [0.29, 0.717) is 22.4 Å². The maximum Gasteiger partial charge on any atom is 0.165 e. The molecule has 0 aliphatic carbocycles. The van der Waals surface area contributed by atoms with Crippen molar-refractivity contribution in [2.45, 2.75) is 0 Å². The van der Waals surface area contributed by atoms with E-state index in [2.05, 4.69) is 4.98 Å². The van der Waals surface area contributed by atoms with Gasteiger partial charge in [0.05, 0.1) is 30.0 Å². The van der Waals surface area contributed by atoms with Gasteiger partial charge in [0.25, 0.3) is 0 Å². The van der Waals surface area contributed by atoms with E-state index in [0.717, 1.165) is 0 Å². The molecule has 3 rings (SSSR count). The Bertz CT molecular complexity index is 1080. The Balaban J connectivity index is 2.26. The minimum absolute atomic E-state index is 0.0714. The number of ether oxygens (including phenoxy) is 1. The number of methoxy groups -OCH3 is 1. The van der Waals surface area contributed by atoms with Crippen LogP contribution in [-0.4, -0.2) is 12.1 Å². The van der Waals surface area contributed by atoms with Crippen molar-refractivity contribution in [1.82, 2.24) is 4.98 Å². The summed E-state index contributed by atoms with van der Waals surface area (Å²) in [6.07, 6.45) is 1.42. The second-order valence-corrected chi connectivity index (χ2v) is 5.35. The van der Waals surface area contributed by atoms with Crippen molar-refractivity contribution in [3.8, 4) is 40.3 Å². The largest absolute Gasteiger partial charge is 0.494 e. The fraction of sp³-hybridized carbons (Fsp3) is 0.0500. The molecule has 0 unspecified atom stereocenters. The molecule has 1 heterocycles. The fourth-order valence-corrected chi connectivity index (χ4v) is 2.64. The van der Waals surface area contributed by atoms with Crippen LogP contribution in [0.5, 0.6) is 5.75 Å². The first-order chi connectivity index (χ1) is 12.6. The molecule has 0 saturated carbocycles. The molecule has 0 aliphatic rings. The minimum Gasteiger partial charge on any atom is -0.494 e. The maximum absolute atomic E-state index is 14.1. The molecule has 2 aromatic carbocycles. The van der Waals surface area contributed by atoms with E-state index in [1.54, 1.807) is 12.1 Å². The highest BCUT2D eigenvalue weighted by Crippen LogP contribution is 2.35. The van der Waals surface area contributed by atoms with Gasteiger partial charge in [-0.3, -0.25) is 4.98 Å². The molecule has 0 fully saturated rings. The predicted octanol–water partition coefficient (Wildman–Crippen LogP) is 4.45. The summed E-state index contributed by atoms with van der Waals surface area (Å²) < 4.78 is 33.1. The van der Waals surface area contributed by atoms with Gasteiger partial charge in [-0.15, -0.1) is 0 Å². The molecule has 4 nitrogen and oxygen atoms in total. The molecule has 3 aromatic rings. The zero-order valence-electron chi connectivity index (χ0n) is 13.6. The molecule has 0 radical (unpaired) electrons. The van der Waals surface area contributed by atoms with Gasteiger partial charge >= 0.3 is 0 Å². The SMILES string of the molecule is COc1ccc(-c2c(C#N)ccnc2-c2ccc(C#N)c(F)c2)cc1F. The normalized spacial score (nSPS) is 10.0. The fourth-order valence-electron chi connectivity index (χ4n) is 2.64. The number of halogens is 2. The summed E-state index contributed by atoms with van der Waals surface area (Å²) >= 11 is 0. The molecule has 126 valence electrons. The van der Waals surface area contributed by atoms with Crippen LogP contribution in [-0.2, 0) is 0 Å². The molecular formula is C20H11F2N3O. The van der Waals surface area contributed by atoms with Gasteiger partial charge in [-0.25, -0.2) is 8.78 Å². The average molecular weight is 347 g/mol. The van der Waals surface area contributed by atoms with E-state index >= 15 is 0 Å². The van der Waals surface area contributed by atoms with Crippen molar-refractivity contribution in [3.05, 3.63) is 71.4 Å². The molecule has 0 bridgehead atoms. The lowest BCUT2D eigenvalue weighted by molar-refractivity contribution is 0.386. The summed E-state index contributed by atoms with van der Waals surface area (Å²) in [5.74, 6) is -1.21. The van der Waals surface area contributed by atoms with Crippen LogP contribution in [0.1, 0.15) is 11.1 Å². The quantitative estimate of drug-likeness (QED) is 0.702. The van der Waals surface area contributed by atoms with Gasteiger partial charge in [-0.2, -0.15) is 10.5 Å². The highest BCUT2D eigenvalue weighted by atomic mass is 19.1. The van der Waals surface area contributed by atoms with Crippen LogP contribution in [0.3, 0.4) is 0 Å². The molecule has 1 aromatic heterocycles. The number of nitrogens with zero attached hydrogens (tertiary/aromatic N) is 3. The van der Waals surface area contributed by atoms with Crippen LogP contribution in [0.25, 0.3) is 22.4 Å². The standard InChI is InChI=1S/C20H11F2N3O/c1-26-18-5-4-12(8-17(18)22)19-15(11-24)6-7-25-20(19)13-2-3-14(10-23)16(21)9-13/h2-9H,1H3. The summed E-state index contributed by atoms with van der Waals surface area (Å²) in [5.41, 5.74) is 1.65. The highest BCUT2D eigenvalue weighted by molar-refractivity contribution is 5.85. The first-order valence-corrected chi connectivity index (χ1v) is 7.52. The van der Waals surface area contributed by atoms with Gasteiger partial charge in [-0.1, -0.05) is 12.1 Å². The highest BCUT2D eigenvalue weighted by Gasteiger charge is 2.17. The second-order valence-electron chi connectivity index (χ2n) is 5.35. The third-order valence-corrected chi connectivity index (χ3v) is 3.87. The van der Waals surface area contributed by atoms with Crippen LogP contribution in [0.2, 0.25) is 0 Å². The molecule has 0 spiro atoms. The van der Waals surface area contributed by atoms with E-state index < -0.39 is 11.6 Å². The maximum atomic E-state index is 14.1. The lowest BCUT2D eigenvalue weighted by Crippen LogP contribution is -1.96. The van der Waals surface area contributed by atoms with Crippen LogP contribution in [0.4, 0.5) is 8.78 Å². The molecule has 26 heavy (non-hydrogen) atoms. The van der Waals surface area contributed by atoms with Gasteiger partial charge in [-0.05, 0) is 35.9 Å². The van der Waals surface area contributed by atoms with E-state index in [4.69, 9.17) is 10.00 Å². The Labute approximate surface area is 148 Å². The summed E-state index contributed by atoms with van der Waals surface area (Å²) in [7, 11) is 1.35. The first-order valence-electron chi connectivity index (χ1n) is 7.52. The van der Waals surface area contributed by atoms with E-state index in [1.165, 1.54) is 49.7 Å². The van der Waals surface area contributed by atoms with Crippen molar-refractivity contribution in [2.24, 2.45) is 0 Å². The summed E-state index contributed by atoms with van der Waals surface area (Å²) in [5, 5.41) is 18.3. The van der Waals surface area contributed by atoms with Crippen LogP contribution < -0.4 is 4.74 Å². The second kappa shape index (κ2) is 7.00. The Morgan fingerprint density at radius 2 is 1.58 bits per heavy atom. The molecule has 0 atom stereocenters. The Kier molecular flexibility index (Phi) is 4.59. The Morgan fingerprint density at radius 3 is 2.19 bits per heavy atom. The van der Waals surface area contributed by atoms with Gasteiger partial charge in [0.15, 0.2) is 11.6 Å². The smallest absolute Gasteiger partial charge is 0.165 e. The summed E-state index contributed by atoms with van der Waals surface area (Å²) in [6.45, 7) is 0. The Morgan fingerprint density at radius 1 is 0.885 bits per heavy atom. The number of rotatable bonds is 3. The molecule has 0 saturated heterocycles. The zero-order valence-corrected chi connectivity index (χ0v) is 13.6. The minimum atomic E-state index is -0.693. The van der Waals surface area contributed by atoms with E-state index in [-0.39, 0.29) is 16.9 Å². The van der Waals surface area contributed by atoms with Gasteiger partial charge in [0, 0.05) is 17.3 Å². The Hall–Kier alpha value is -3.77. The topological polar surface area (TPSA) is 69.7 Å². The number of nitriles is 2. The van der Waals surface area contributed by atoms with Crippen LogP contribution in [0, 0.1) is 34.3 Å². The number of hydrogen-bond acceptors (Lipinski definition) is 4. The van der Waals surface area contributed by atoms with Crippen LogP contribution >= 0.6 is 0 Å². The average Bonchev–Trinajstić information content (AvgIpc) is 2.67. The monoisotopic (exact) mass is 347 g/mol. The van der Waals surface area contributed by atoms with Gasteiger partial charge in [0.2, 0.25) is 0 Å². The lowest BCUT2D eigenvalue weighted by Gasteiger charge is -2.12. The predicted molar refractivity (Wildman–Crippen MR) is 91.0 cm³/mol. The number of hydrogen-bond donors (Lipinski definition) is 0. The number of benzene rings is 2. The van der Waals surface area contributed by atoms with E-state index in [1.807, 2.05) is 6.07 Å². The molecular weight excluding hydrogens is 336 g/mol.